The van der Waals surface area contributed by atoms with Gasteiger partial charge in [0.25, 0.3) is 0 Å². The number of carbonyl (C=O) groups excluding carboxylic acids is 1. The summed E-state index contributed by atoms with van der Waals surface area (Å²) in [4.78, 5) is 17.6. The minimum absolute atomic E-state index is 0.186. The fourth-order valence-corrected chi connectivity index (χ4v) is 2.72. The summed E-state index contributed by atoms with van der Waals surface area (Å²) in [5.74, 6) is 1.04. The van der Waals surface area contributed by atoms with Crippen LogP contribution in [0.2, 0.25) is 0 Å². The third-order valence-corrected chi connectivity index (χ3v) is 3.87. The third-order valence-electron chi connectivity index (χ3n) is 3.87. The van der Waals surface area contributed by atoms with E-state index in [-0.39, 0.29) is 5.91 Å². The van der Waals surface area contributed by atoms with Crippen molar-refractivity contribution in [3.8, 4) is 5.75 Å². The Morgan fingerprint density at radius 2 is 2.10 bits per heavy atom. The standard InChI is InChI=1S/C17H20N2O2/c1-2-21-15-5-3-13(4-6-15)11-17(20)19-10-8-16-14(12-19)7-9-18-16/h3-7,9,18H,2,8,10-12H2,1H3. The van der Waals surface area contributed by atoms with E-state index in [1.807, 2.05) is 42.3 Å². The molecule has 0 aliphatic carbocycles. The zero-order valence-corrected chi connectivity index (χ0v) is 12.3. The Morgan fingerprint density at radius 1 is 1.29 bits per heavy atom. The lowest BCUT2D eigenvalue weighted by Gasteiger charge is -2.27. The first-order chi connectivity index (χ1) is 10.3. The number of hydrogen-bond acceptors (Lipinski definition) is 2. The van der Waals surface area contributed by atoms with Gasteiger partial charge in [-0.05, 0) is 36.2 Å². The molecule has 0 atom stereocenters. The van der Waals surface area contributed by atoms with E-state index in [9.17, 15) is 4.79 Å². The topological polar surface area (TPSA) is 45.3 Å². The van der Waals surface area contributed by atoms with Crippen molar-refractivity contribution >= 4 is 5.91 Å². The van der Waals surface area contributed by atoms with Gasteiger partial charge in [-0.15, -0.1) is 0 Å². The Kier molecular flexibility index (Phi) is 3.95. The van der Waals surface area contributed by atoms with Crippen LogP contribution in [-0.2, 0) is 24.2 Å². The van der Waals surface area contributed by atoms with Gasteiger partial charge in [0.2, 0.25) is 5.91 Å². The number of aromatic amines is 1. The molecular weight excluding hydrogens is 264 g/mol. The Bertz CT molecular complexity index is 616. The number of nitrogens with zero attached hydrogens (tertiary/aromatic N) is 1. The van der Waals surface area contributed by atoms with Crippen LogP contribution >= 0.6 is 0 Å². The van der Waals surface area contributed by atoms with E-state index < -0.39 is 0 Å². The molecule has 0 radical (unpaired) electrons. The van der Waals surface area contributed by atoms with Crippen LogP contribution < -0.4 is 4.74 Å². The highest BCUT2D eigenvalue weighted by molar-refractivity contribution is 5.79. The van der Waals surface area contributed by atoms with Crippen molar-refractivity contribution in [2.75, 3.05) is 13.2 Å². The number of fused-ring (bicyclic) bond motifs is 1. The molecule has 0 saturated carbocycles. The molecule has 0 bridgehead atoms. The van der Waals surface area contributed by atoms with Gasteiger partial charge in [-0.25, -0.2) is 0 Å². The van der Waals surface area contributed by atoms with Crippen molar-refractivity contribution in [1.82, 2.24) is 9.88 Å². The number of nitrogens with one attached hydrogen (secondary N) is 1. The van der Waals surface area contributed by atoms with Crippen LogP contribution in [0.25, 0.3) is 0 Å². The molecule has 0 fully saturated rings. The van der Waals surface area contributed by atoms with Crippen LogP contribution in [0.3, 0.4) is 0 Å². The summed E-state index contributed by atoms with van der Waals surface area (Å²) in [5, 5.41) is 0. The zero-order chi connectivity index (χ0) is 14.7. The molecule has 110 valence electrons. The number of ether oxygens (including phenoxy) is 1. The van der Waals surface area contributed by atoms with E-state index in [1.165, 1.54) is 11.3 Å². The molecule has 3 rings (SSSR count). The Balaban J connectivity index is 1.61. The molecule has 1 aromatic carbocycles. The van der Waals surface area contributed by atoms with Crippen molar-refractivity contribution in [2.24, 2.45) is 0 Å². The number of carbonyl (C=O) groups is 1. The van der Waals surface area contributed by atoms with Crippen molar-refractivity contribution < 1.29 is 9.53 Å². The molecule has 1 aromatic heterocycles. The highest BCUT2D eigenvalue weighted by atomic mass is 16.5. The molecule has 0 spiro atoms. The molecule has 1 amide bonds. The first kappa shape index (κ1) is 13.7. The van der Waals surface area contributed by atoms with Gasteiger partial charge in [-0.2, -0.15) is 0 Å². The molecule has 4 nitrogen and oxygen atoms in total. The van der Waals surface area contributed by atoms with Gasteiger partial charge in [0, 0.05) is 31.4 Å². The van der Waals surface area contributed by atoms with E-state index in [1.54, 1.807) is 0 Å². The maximum atomic E-state index is 12.4. The van der Waals surface area contributed by atoms with E-state index in [0.29, 0.717) is 19.6 Å². The van der Waals surface area contributed by atoms with Gasteiger partial charge in [-0.1, -0.05) is 12.1 Å². The zero-order valence-electron chi connectivity index (χ0n) is 12.3. The Labute approximate surface area is 124 Å². The summed E-state index contributed by atoms with van der Waals surface area (Å²) in [7, 11) is 0. The predicted octanol–water partition coefficient (Wildman–Crippen LogP) is 2.54. The van der Waals surface area contributed by atoms with Crippen molar-refractivity contribution in [3.63, 3.8) is 0 Å². The van der Waals surface area contributed by atoms with E-state index in [2.05, 4.69) is 11.1 Å². The predicted molar refractivity (Wildman–Crippen MR) is 81.2 cm³/mol. The summed E-state index contributed by atoms with van der Waals surface area (Å²) >= 11 is 0. The quantitative estimate of drug-likeness (QED) is 0.937. The van der Waals surface area contributed by atoms with Crippen LogP contribution in [0.5, 0.6) is 5.75 Å². The third kappa shape index (κ3) is 3.10. The minimum atomic E-state index is 0.186. The lowest BCUT2D eigenvalue weighted by Crippen LogP contribution is -2.36. The molecular formula is C17H20N2O2. The monoisotopic (exact) mass is 284 g/mol. The van der Waals surface area contributed by atoms with Gasteiger partial charge < -0.3 is 14.6 Å². The normalized spacial score (nSPS) is 13.9. The molecule has 0 unspecified atom stereocenters. The Hall–Kier alpha value is -2.23. The fourth-order valence-electron chi connectivity index (χ4n) is 2.72. The first-order valence-corrected chi connectivity index (χ1v) is 7.41. The van der Waals surface area contributed by atoms with Crippen molar-refractivity contribution in [1.29, 1.82) is 0 Å². The second-order valence-electron chi connectivity index (χ2n) is 5.30. The van der Waals surface area contributed by atoms with Crippen LogP contribution in [0.1, 0.15) is 23.7 Å². The molecule has 2 heterocycles. The lowest BCUT2D eigenvalue weighted by molar-refractivity contribution is -0.131. The molecule has 0 saturated heterocycles. The second kappa shape index (κ2) is 6.04. The van der Waals surface area contributed by atoms with Gasteiger partial charge in [-0.3, -0.25) is 4.79 Å². The number of benzene rings is 1. The molecule has 1 aliphatic heterocycles. The molecule has 4 heteroatoms. The van der Waals surface area contributed by atoms with E-state index in [4.69, 9.17) is 4.74 Å². The summed E-state index contributed by atoms with van der Waals surface area (Å²) in [6.07, 6.45) is 3.31. The lowest BCUT2D eigenvalue weighted by atomic mass is 10.1. The smallest absolute Gasteiger partial charge is 0.227 e. The summed E-state index contributed by atoms with van der Waals surface area (Å²) < 4.78 is 5.41. The molecule has 21 heavy (non-hydrogen) atoms. The number of rotatable bonds is 4. The van der Waals surface area contributed by atoms with Crippen LogP contribution in [0, 0.1) is 0 Å². The second-order valence-corrected chi connectivity index (χ2v) is 5.30. The van der Waals surface area contributed by atoms with Crippen molar-refractivity contribution in [2.45, 2.75) is 26.3 Å². The number of aromatic nitrogens is 1. The average molecular weight is 284 g/mol. The van der Waals surface area contributed by atoms with Gasteiger partial charge in [0.15, 0.2) is 0 Å². The maximum absolute atomic E-state index is 12.4. The first-order valence-electron chi connectivity index (χ1n) is 7.41. The maximum Gasteiger partial charge on any atom is 0.227 e. The van der Waals surface area contributed by atoms with Crippen LogP contribution in [0.4, 0.5) is 0 Å². The van der Waals surface area contributed by atoms with E-state index in [0.717, 1.165) is 24.3 Å². The number of hydrogen-bond donors (Lipinski definition) is 1. The average Bonchev–Trinajstić information content (AvgIpc) is 2.97. The number of amides is 1. The summed E-state index contributed by atoms with van der Waals surface area (Å²) in [5.41, 5.74) is 3.53. The highest BCUT2D eigenvalue weighted by Gasteiger charge is 2.21. The Morgan fingerprint density at radius 3 is 2.86 bits per heavy atom. The van der Waals surface area contributed by atoms with Gasteiger partial charge in [0.05, 0.1) is 13.0 Å². The SMILES string of the molecule is CCOc1ccc(CC(=O)N2CCc3[nH]ccc3C2)cc1. The molecule has 2 aromatic rings. The van der Waals surface area contributed by atoms with Crippen molar-refractivity contribution in [3.05, 3.63) is 53.3 Å². The number of H-pyrrole nitrogens is 1. The molecule has 1 aliphatic rings. The van der Waals surface area contributed by atoms with E-state index >= 15 is 0 Å². The fraction of sp³-hybridized carbons (Fsp3) is 0.353. The van der Waals surface area contributed by atoms with Crippen LogP contribution in [0.15, 0.2) is 36.5 Å². The largest absolute Gasteiger partial charge is 0.494 e. The minimum Gasteiger partial charge on any atom is -0.494 e. The van der Waals surface area contributed by atoms with Gasteiger partial charge >= 0.3 is 0 Å². The summed E-state index contributed by atoms with van der Waals surface area (Å²) in [6.45, 7) is 4.13. The molecule has 1 N–H and O–H groups in total. The highest BCUT2D eigenvalue weighted by Crippen LogP contribution is 2.19. The van der Waals surface area contributed by atoms with Crippen LogP contribution in [-0.4, -0.2) is 28.9 Å². The van der Waals surface area contributed by atoms with Gasteiger partial charge in [0.1, 0.15) is 5.75 Å². The summed E-state index contributed by atoms with van der Waals surface area (Å²) in [6, 6.07) is 9.84.